The minimum Gasteiger partial charge on any atom is -0.374 e. The molecule has 0 spiro atoms. The van der Waals surface area contributed by atoms with Gasteiger partial charge in [0.15, 0.2) is 0 Å². The van der Waals surface area contributed by atoms with Gasteiger partial charge in [0.2, 0.25) is 10.0 Å². The molecule has 0 radical (unpaired) electrons. The highest BCUT2D eigenvalue weighted by Crippen LogP contribution is 2.19. The number of ether oxygens (including phenoxy) is 1. The van der Waals surface area contributed by atoms with Crippen LogP contribution in [-0.2, 0) is 14.8 Å². The van der Waals surface area contributed by atoms with E-state index in [1.54, 1.807) is 18.2 Å². The number of benzene rings is 1. The number of aryl methyl sites for hydroxylation is 1. The highest BCUT2D eigenvalue weighted by atomic mass is 32.2. The van der Waals surface area contributed by atoms with Crippen molar-refractivity contribution in [2.45, 2.75) is 17.9 Å². The predicted octanol–water partition coefficient (Wildman–Crippen LogP) is 0.343. The molecule has 1 aromatic carbocycles. The van der Waals surface area contributed by atoms with Crippen molar-refractivity contribution < 1.29 is 13.2 Å². The Morgan fingerprint density at radius 2 is 2.28 bits per heavy atom. The van der Waals surface area contributed by atoms with E-state index in [9.17, 15) is 8.42 Å². The van der Waals surface area contributed by atoms with Gasteiger partial charge in [0.1, 0.15) is 0 Å². The van der Waals surface area contributed by atoms with E-state index in [1.807, 2.05) is 13.0 Å². The molecule has 0 amide bonds. The van der Waals surface area contributed by atoms with Crippen LogP contribution in [0.1, 0.15) is 5.56 Å². The number of nitrogens with zero attached hydrogens (tertiary/aromatic N) is 1. The summed E-state index contributed by atoms with van der Waals surface area (Å²) in [7, 11) is -3.43. The summed E-state index contributed by atoms with van der Waals surface area (Å²) in [5.41, 5.74) is 6.46. The molecule has 1 aromatic rings. The van der Waals surface area contributed by atoms with Crippen molar-refractivity contribution >= 4 is 10.0 Å². The van der Waals surface area contributed by atoms with Gasteiger partial charge in [0.25, 0.3) is 0 Å². The quantitative estimate of drug-likeness (QED) is 0.860. The Bertz CT molecular complexity index is 516. The van der Waals surface area contributed by atoms with Crippen molar-refractivity contribution in [1.82, 2.24) is 4.31 Å². The Morgan fingerprint density at radius 1 is 1.50 bits per heavy atom. The second-order valence-corrected chi connectivity index (χ2v) is 6.35. The van der Waals surface area contributed by atoms with Gasteiger partial charge in [-0.15, -0.1) is 0 Å². The molecule has 0 aliphatic carbocycles. The monoisotopic (exact) mass is 270 g/mol. The summed E-state index contributed by atoms with van der Waals surface area (Å²) < 4.78 is 31.7. The fourth-order valence-electron chi connectivity index (χ4n) is 1.98. The average molecular weight is 270 g/mol. The summed E-state index contributed by atoms with van der Waals surface area (Å²) in [6, 6.07) is 6.93. The van der Waals surface area contributed by atoms with Gasteiger partial charge in [-0.25, -0.2) is 8.42 Å². The van der Waals surface area contributed by atoms with Crippen LogP contribution in [0.2, 0.25) is 0 Å². The maximum atomic E-state index is 12.4. The van der Waals surface area contributed by atoms with Gasteiger partial charge in [-0.05, 0) is 24.6 Å². The zero-order valence-corrected chi connectivity index (χ0v) is 11.2. The molecule has 2 N–H and O–H groups in total. The topological polar surface area (TPSA) is 72.6 Å². The zero-order valence-electron chi connectivity index (χ0n) is 10.4. The van der Waals surface area contributed by atoms with E-state index < -0.39 is 10.0 Å². The molecule has 2 rings (SSSR count). The number of sulfonamides is 1. The van der Waals surface area contributed by atoms with Crippen molar-refractivity contribution in [1.29, 1.82) is 0 Å². The highest BCUT2D eigenvalue weighted by molar-refractivity contribution is 7.89. The molecule has 0 aromatic heterocycles. The molecule has 0 unspecified atom stereocenters. The first-order valence-electron chi connectivity index (χ1n) is 5.92. The van der Waals surface area contributed by atoms with E-state index in [1.165, 1.54) is 4.31 Å². The third-order valence-electron chi connectivity index (χ3n) is 2.99. The van der Waals surface area contributed by atoms with Crippen LogP contribution >= 0.6 is 0 Å². The molecule has 100 valence electrons. The lowest BCUT2D eigenvalue weighted by molar-refractivity contribution is 0.00450. The third kappa shape index (κ3) is 2.72. The van der Waals surface area contributed by atoms with Gasteiger partial charge < -0.3 is 10.5 Å². The summed E-state index contributed by atoms with van der Waals surface area (Å²) in [6.07, 6.45) is -0.210. The molecule has 0 bridgehead atoms. The molecular weight excluding hydrogens is 252 g/mol. The lowest BCUT2D eigenvalue weighted by atomic mass is 10.2. The predicted molar refractivity (Wildman–Crippen MR) is 68.7 cm³/mol. The van der Waals surface area contributed by atoms with Gasteiger partial charge in [0.05, 0.1) is 17.6 Å². The third-order valence-corrected chi connectivity index (χ3v) is 4.85. The molecule has 1 aliphatic heterocycles. The highest BCUT2D eigenvalue weighted by Gasteiger charge is 2.30. The Morgan fingerprint density at radius 3 is 2.94 bits per heavy atom. The summed E-state index contributed by atoms with van der Waals surface area (Å²) >= 11 is 0. The van der Waals surface area contributed by atoms with Crippen molar-refractivity contribution in [2.24, 2.45) is 5.73 Å². The number of rotatable bonds is 3. The largest absolute Gasteiger partial charge is 0.374 e. The Labute approximate surface area is 108 Å². The first-order chi connectivity index (χ1) is 8.54. The number of morpholine rings is 1. The van der Waals surface area contributed by atoms with Crippen LogP contribution in [0.15, 0.2) is 29.2 Å². The van der Waals surface area contributed by atoms with Gasteiger partial charge in [0, 0.05) is 19.6 Å². The van der Waals surface area contributed by atoms with Crippen LogP contribution in [-0.4, -0.2) is 45.1 Å². The summed E-state index contributed by atoms with van der Waals surface area (Å²) in [5.74, 6) is 0. The van der Waals surface area contributed by atoms with Gasteiger partial charge in [-0.2, -0.15) is 4.31 Å². The van der Waals surface area contributed by atoms with Gasteiger partial charge in [-0.3, -0.25) is 0 Å². The average Bonchev–Trinajstić information content (AvgIpc) is 2.39. The van der Waals surface area contributed by atoms with Crippen LogP contribution in [0.5, 0.6) is 0 Å². The van der Waals surface area contributed by atoms with E-state index in [-0.39, 0.29) is 6.10 Å². The molecule has 1 saturated heterocycles. The van der Waals surface area contributed by atoms with Crippen LogP contribution < -0.4 is 5.73 Å². The molecule has 5 nitrogen and oxygen atoms in total. The fraction of sp³-hybridized carbons (Fsp3) is 0.500. The van der Waals surface area contributed by atoms with E-state index in [0.29, 0.717) is 31.1 Å². The molecule has 6 heteroatoms. The standard InChI is InChI=1S/C12H18N2O3S/c1-10-3-2-4-12(7-10)18(15,16)14-5-6-17-11(8-13)9-14/h2-4,7,11H,5-6,8-9,13H2,1H3/t11-/m0/s1. The van der Waals surface area contributed by atoms with E-state index >= 15 is 0 Å². The Kier molecular flexibility index (Phi) is 4.01. The normalized spacial score (nSPS) is 22.0. The molecular formula is C12H18N2O3S. The van der Waals surface area contributed by atoms with Crippen molar-refractivity contribution in [2.75, 3.05) is 26.2 Å². The van der Waals surface area contributed by atoms with E-state index in [0.717, 1.165) is 5.56 Å². The first-order valence-corrected chi connectivity index (χ1v) is 7.36. The maximum Gasteiger partial charge on any atom is 0.243 e. The van der Waals surface area contributed by atoms with Crippen LogP contribution in [0.25, 0.3) is 0 Å². The van der Waals surface area contributed by atoms with Crippen molar-refractivity contribution in [3.05, 3.63) is 29.8 Å². The van der Waals surface area contributed by atoms with Gasteiger partial charge in [-0.1, -0.05) is 12.1 Å². The minimum atomic E-state index is -3.43. The molecule has 1 fully saturated rings. The molecule has 18 heavy (non-hydrogen) atoms. The summed E-state index contributed by atoms with van der Waals surface area (Å²) in [5, 5.41) is 0. The molecule has 0 saturated carbocycles. The fourth-order valence-corrected chi connectivity index (χ4v) is 3.54. The SMILES string of the molecule is Cc1cccc(S(=O)(=O)N2CCO[C@@H](CN)C2)c1. The maximum absolute atomic E-state index is 12.4. The van der Waals surface area contributed by atoms with Crippen LogP contribution in [0, 0.1) is 6.92 Å². The molecule has 1 aliphatic rings. The van der Waals surface area contributed by atoms with Gasteiger partial charge >= 0.3 is 0 Å². The lowest BCUT2D eigenvalue weighted by Gasteiger charge is -2.31. The minimum absolute atomic E-state index is 0.210. The number of hydrogen-bond donors (Lipinski definition) is 1. The Hall–Kier alpha value is -0.950. The summed E-state index contributed by atoms with van der Waals surface area (Å²) in [4.78, 5) is 0.333. The smallest absolute Gasteiger partial charge is 0.243 e. The van der Waals surface area contributed by atoms with E-state index in [2.05, 4.69) is 0 Å². The molecule has 1 heterocycles. The summed E-state index contributed by atoms with van der Waals surface area (Å²) in [6.45, 7) is 3.31. The van der Waals surface area contributed by atoms with Crippen molar-refractivity contribution in [3.8, 4) is 0 Å². The second-order valence-electron chi connectivity index (χ2n) is 4.41. The van der Waals surface area contributed by atoms with Crippen LogP contribution in [0.4, 0.5) is 0 Å². The van der Waals surface area contributed by atoms with E-state index in [4.69, 9.17) is 10.5 Å². The number of nitrogens with two attached hydrogens (primary N) is 1. The van der Waals surface area contributed by atoms with Crippen LogP contribution in [0.3, 0.4) is 0 Å². The zero-order chi connectivity index (χ0) is 13.2. The lowest BCUT2D eigenvalue weighted by Crippen LogP contribution is -2.48. The number of hydrogen-bond acceptors (Lipinski definition) is 4. The molecule has 1 atom stereocenters. The first kappa shape index (κ1) is 13.5. The Balaban J connectivity index is 2.25. The second kappa shape index (κ2) is 5.36. The van der Waals surface area contributed by atoms with Crippen molar-refractivity contribution in [3.63, 3.8) is 0 Å².